The van der Waals surface area contributed by atoms with Crippen molar-refractivity contribution < 1.29 is 23.1 Å². The van der Waals surface area contributed by atoms with Crippen LogP contribution < -0.4 is 10.1 Å². The molecular formula is C13H20N2O5S. The summed E-state index contributed by atoms with van der Waals surface area (Å²) in [7, 11) is -2.30. The molecule has 0 bridgehead atoms. The van der Waals surface area contributed by atoms with Gasteiger partial charge < -0.3 is 15.2 Å². The third kappa shape index (κ3) is 4.16. The lowest BCUT2D eigenvalue weighted by Crippen LogP contribution is -2.33. The van der Waals surface area contributed by atoms with E-state index in [0.717, 1.165) is 4.31 Å². The predicted octanol–water partition coefficient (Wildman–Crippen LogP) is 0.656. The molecule has 2 N–H and O–H groups in total. The smallest absolute Gasteiger partial charge is 0.243 e. The van der Waals surface area contributed by atoms with E-state index in [9.17, 15) is 13.2 Å². The molecule has 0 spiro atoms. The van der Waals surface area contributed by atoms with Crippen LogP contribution >= 0.6 is 0 Å². The lowest BCUT2D eigenvalue weighted by molar-refractivity contribution is -0.114. The second kappa shape index (κ2) is 7.39. The number of nitrogens with zero attached hydrogens (tertiary/aromatic N) is 1. The van der Waals surface area contributed by atoms with Gasteiger partial charge in [-0.05, 0) is 18.2 Å². The molecule has 0 radical (unpaired) electrons. The van der Waals surface area contributed by atoms with Gasteiger partial charge in [-0.2, -0.15) is 4.31 Å². The first-order chi connectivity index (χ1) is 9.86. The number of aliphatic hydroxyl groups is 1. The monoisotopic (exact) mass is 316 g/mol. The maximum absolute atomic E-state index is 12.5. The van der Waals surface area contributed by atoms with Gasteiger partial charge in [0.1, 0.15) is 5.75 Å². The normalized spacial score (nSPS) is 11.5. The van der Waals surface area contributed by atoms with Crippen LogP contribution in [0, 0.1) is 0 Å². The zero-order chi connectivity index (χ0) is 16.0. The number of likely N-dealkylation sites (N-methyl/N-ethyl adjacent to an activating group) is 1. The minimum Gasteiger partial charge on any atom is -0.495 e. The van der Waals surface area contributed by atoms with Gasteiger partial charge in [0.25, 0.3) is 0 Å². The Morgan fingerprint density at radius 2 is 2.10 bits per heavy atom. The van der Waals surface area contributed by atoms with Crippen molar-refractivity contribution in [3.63, 3.8) is 0 Å². The second-order valence-corrected chi connectivity index (χ2v) is 6.20. The van der Waals surface area contributed by atoms with Crippen molar-refractivity contribution in [2.45, 2.75) is 18.7 Å². The molecular weight excluding hydrogens is 296 g/mol. The molecule has 21 heavy (non-hydrogen) atoms. The number of sulfonamides is 1. The number of carbonyl (C=O) groups excluding carboxylic acids is 1. The number of methoxy groups -OCH3 is 1. The van der Waals surface area contributed by atoms with E-state index in [4.69, 9.17) is 9.84 Å². The van der Waals surface area contributed by atoms with E-state index in [-0.39, 0.29) is 36.2 Å². The fourth-order valence-electron chi connectivity index (χ4n) is 1.84. The van der Waals surface area contributed by atoms with Gasteiger partial charge in [-0.15, -0.1) is 0 Å². The Labute approximate surface area is 124 Å². The van der Waals surface area contributed by atoms with Crippen molar-refractivity contribution in [2.24, 2.45) is 0 Å². The van der Waals surface area contributed by atoms with E-state index in [2.05, 4.69) is 5.32 Å². The van der Waals surface area contributed by atoms with Gasteiger partial charge in [0.2, 0.25) is 15.9 Å². The first-order valence-corrected chi connectivity index (χ1v) is 7.87. The Balaban J connectivity index is 3.26. The number of amides is 1. The molecule has 0 heterocycles. The Hall–Kier alpha value is -1.64. The summed E-state index contributed by atoms with van der Waals surface area (Å²) >= 11 is 0. The highest BCUT2D eigenvalue weighted by molar-refractivity contribution is 7.89. The molecule has 0 fully saturated rings. The zero-order valence-corrected chi connectivity index (χ0v) is 13.1. The third-order valence-corrected chi connectivity index (χ3v) is 4.79. The first kappa shape index (κ1) is 17.4. The van der Waals surface area contributed by atoms with E-state index in [1.165, 1.54) is 32.2 Å². The minimum atomic E-state index is -3.73. The number of carbonyl (C=O) groups is 1. The summed E-state index contributed by atoms with van der Waals surface area (Å²) < 4.78 is 31.1. The van der Waals surface area contributed by atoms with Gasteiger partial charge in [-0.1, -0.05) is 6.92 Å². The maximum atomic E-state index is 12.5. The fraction of sp³-hybridized carbons (Fsp3) is 0.462. The summed E-state index contributed by atoms with van der Waals surface area (Å²) in [4.78, 5) is 11.2. The molecule has 1 rings (SSSR count). The van der Waals surface area contributed by atoms with E-state index >= 15 is 0 Å². The number of aliphatic hydroxyl groups excluding tert-OH is 1. The highest BCUT2D eigenvalue weighted by Gasteiger charge is 2.23. The molecule has 0 unspecified atom stereocenters. The average molecular weight is 316 g/mol. The van der Waals surface area contributed by atoms with E-state index in [1.807, 2.05) is 0 Å². The highest BCUT2D eigenvalue weighted by Crippen LogP contribution is 2.28. The van der Waals surface area contributed by atoms with E-state index in [0.29, 0.717) is 5.75 Å². The molecule has 0 aliphatic carbocycles. The van der Waals surface area contributed by atoms with Gasteiger partial charge in [0, 0.05) is 20.0 Å². The van der Waals surface area contributed by atoms with Crippen LogP contribution in [-0.2, 0) is 14.8 Å². The summed E-state index contributed by atoms with van der Waals surface area (Å²) in [6.45, 7) is 3.00. The van der Waals surface area contributed by atoms with Gasteiger partial charge in [0.15, 0.2) is 0 Å². The first-order valence-electron chi connectivity index (χ1n) is 6.43. The van der Waals surface area contributed by atoms with Crippen LogP contribution in [0.5, 0.6) is 5.75 Å². The highest BCUT2D eigenvalue weighted by atomic mass is 32.2. The van der Waals surface area contributed by atoms with Gasteiger partial charge in [0.05, 0.1) is 24.3 Å². The second-order valence-electron chi connectivity index (χ2n) is 4.26. The fourth-order valence-corrected chi connectivity index (χ4v) is 3.31. The summed E-state index contributed by atoms with van der Waals surface area (Å²) in [5.41, 5.74) is 0.283. The van der Waals surface area contributed by atoms with Crippen molar-refractivity contribution >= 4 is 21.6 Å². The minimum absolute atomic E-state index is 0.0142. The lowest BCUT2D eigenvalue weighted by atomic mass is 10.3. The van der Waals surface area contributed by atoms with Crippen LogP contribution in [0.4, 0.5) is 5.69 Å². The predicted molar refractivity (Wildman–Crippen MR) is 78.8 cm³/mol. The summed E-state index contributed by atoms with van der Waals surface area (Å²) in [6, 6.07) is 4.22. The number of nitrogens with one attached hydrogen (secondary N) is 1. The Morgan fingerprint density at radius 1 is 1.43 bits per heavy atom. The molecule has 1 aromatic carbocycles. The number of ether oxygens (including phenoxy) is 1. The Bertz CT molecular complexity index is 601. The van der Waals surface area contributed by atoms with Crippen molar-refractivity contribution in [1.82, 2.24) is 4.31 Å². The molecule has 0 aromatic heterocycles. The molecule has 118 valence electrons. The SMILES string of the molecule is CCN(CCO)S(=O)(=O)c1ccc(OC)c(NC(C)=O)c1. The third-order valence-electron chi connectivity index (χ3n) is 2.82. The number of hydrogen-bond donors (Lipinski definition) is 2. The number of anilines is 1. The molecule has 0 aliphatic heterocycles. The molecule has 7 nitrogen and oxygen atoms in total. The molecule has 0 atom stereocenters. The number of hydrogen-bond acceptors (Lipinski definition) is 5. The average Bonchev–Trinajstić information content (AvgIpc) is 2.43. The van der Waals surface area contributed by atoms with Gasteiger partial charge in [-0.3, -0.25) is 4.79 Å². The van der Waals surface area contributed by atoms with Crippen LogP contribution in [0.1, 0.15) is 13.8 Å². The van der Waals surface area contributed by atoms with Crippen molar-refractivity contribution in [3.8, 4) is 5.75 Å². The van der Waals surface area contributed by atoms with Crippen molar-refractivity contribution in [1.29, 1.82) is 0 Å². The zero-order valence-electron chi connectivity index (χ0n) is 12.3. The molecule has 8 heteroatoms. The summed E-state index contributed by atoms with van der Waals surface area (Å²) in [5.74, 6) is 0.0416. The number of benzene rings is 1. The molecule has 0 aliphatic rings. The van der Waals surface area contributed by atoms with Crippen LogP contribution in [-0.4, -0.2) is 50.5 Å². The van der Waals surface area contributed by atoms with E-state index in [1.54, 1.807) is 6.92 Å². The summed E-state index contributed by atoms with van der Waals surface area (Å²) in [6.07, 6.45) is 0. The molecule has 0 saturated heterocycles. The standard InChI is InChI=1S/C13H20N2O5S/c1-4-15(7-8-16)21(18,19)11-5-6-13(20-3)12(9-11)14-10(2)17/h5-6,9,16H,4,7-8H2,1-3H3,(H,14,17). The summed E-state index contributed by atoms with van der Waals surface area (Å²) in [5, 5.41) is 11.5. The number of rotatable bonds is 7. The molecule has 1 aromatic rings. The van der Waals surface area contributed by atoms with Crippen molar-refractivity contribution in [2.75, 3.05) is 32.1 Å². The Morgan fingerprint density at radius 3 is 2.57 bits per heavy atom. The van der Waals surface area contributed by atoms with Crippen LogP contribution in [0.15, 0.2) is 23.1 Å². The van der Waals surface area contributed by atoms with Crippen molar-refractivity contribution in [3.05, 3.63) is 18.2 Å². The molecule has 1 amide bonds. The quantitative estimate of drug-likeness (QED) is 0.770. The largest absolute Gasteiger partial charge is 0.495 e. The van der Waals surface area contributed by atoms with Crippen LogP contribution in [0.3, 0.4) is 0 Å². The molecule has 0 saturated carbocycles. The topological polar surface area (TPSA) is 95.9 Å². The maximum Gasteiger partial charge on any atom is 0.243 e. The lowest BCUT2D eigenvalue weighted by Gasteiger charge is -2.20. The van der Waals surface area contributed by atoms with E-state index < -0.39 is 10.0 Å². The van der Waals surface area contributed by atoms with Gasteiger partial charge >= 0.3 is 0 Å². The Kier molecular flexibility index (Phi) is 6.13. The van der Waals surface area contributed by atoms with Crippen LogP contribution in [0.2, 0.25) is 0 Å². The van der Waals surface area contributed by atoms with Gasteiger partial charge in [-0.25, -0.2) is 8.42 Å². The van der Waals surface area contributed by atoms with Crippen LogP contribution in [0.25, 0.3) is 0 Å².